The summed E-state index contributed by atoms with van der Waals surface area (Å²) < 4.78 is 4.73. The summed E-state index contributed by atoms with van der Waals surface area (Å²) in [4.78, 5) is 40.7. The van der Waals surface area contributed by atoms with E-state index < -0.39 is 5.97 Å². The zero-order valence-corrected chi connectivity index (χ0v) is 17.2. The van der Waals surface area contributed by atoms with Crippen molar-refractivity contribution in [3.63, 3.8) is 0 Å². The van der Waals surface area contributed by atoms with E-state index >= 15 is 0 Å². The van der Waals surface area contributed by atoms with Crippen LogP contribution < -0.4 is 5.32 Å². The molecule has 1 aliphatic heterocycles. The molecule has 0 atom stereocenters. The summed E-state index contributed by atoms with van der Waals surface area (Å²) in [6.45, 7) is 3.35. The van der Waals surface area contributed by atoms with Crippen molar-refractivity contribution < 1.29 is 19.1 Å². The summed E-state index contributed by atoms with van der Waals surface area (Å²) in [6.07, 6.45) is 0.786. The van der Waals surface area contributed by atoms with E-state index in [2.05, 4.69) is 10.2 Å². The number of methoxy groups -OCH3 is 1. The third-order valence-corrected chi connectivity index (χ3v) is 5.11. The zero-order chi connectivity index (χ0) is 21.3. The Morgan fingerprint density at radius 2 is 1.70 bits per heavy atom. The van der Waals surface area contributed by atoms with Gasteiger partial charge < -0.3 is 15.0 Å². The van der Waals surface area contributed by atoms with E-state index in [0.717, 1.165) is 18.5 Å². The molecule has 1 aliphatic rings. The smallest absolute Gasteiger partial charge is 0.337 e. The van der Waals surface area contributed by atoms with Gasteiger partial charge in [-0.3, -0.25) is 14.5 Å². The van der Waals surface area contributed by atoms with Crippen LogP contribution >= 0.6 is 0 Å². The van der Waals surface area contributed by atoms with Crippen LogP contribution in [0.4, 0.5) is 0 Å². The fourth-order valence-electron chi connectivity index (χ4n) is 3.47. The van der Waals surface area contributed by atoms with Crippen LogP contribution in [0.25, 0.3) is 0 Å². The number of nitrogens with one attached hydrogen (secondary N) is 1. The van der Waals surface area contributed by atoms with Crippen LogP contribution in [0.3, 0.4) is 0 Å². The van der Waals surface area contributed by atoms with Gasteiger partial charge in [-0.25, -0.2) is 4.79 Å². The van der Waals surface area contributed by atoms with Crippen LogP contribution in [0.5, 0.6) is 0 Å². The van der Waals surface area contributed by atoms with E-state index in [1.54, 1.807) is 29.2 Å². The van der Waals surface area contributed by atoms with Gasteiger partial charge in [-0.2, -0.15) is 0 Å². The number of rotatable bonds is 6. The SMILES string of the molecule is COC(=O)c1cccc(C(=O)N2CCCN(CC(=O)NCc3ccccc3)CC2)c1. The van der Waals surface area contributed by atoms with Crippen molar-refractivity contribution in [1.29, 1.82) is 0 Å². The lowest BCUT2D eigenvalue weighted by Gasteiger charge is -2.22. The zero-order valence-electron chi connectivity index (χ0n) is 17.2. The van der Waals surface area contributed by atoms with E-state index in [0.29, 0.717) is 43.9 Å². The number of hydrogen-bond acceptors (Lipinski definition) is 5. The molecule has 2 aromatic rings. The molecule has 0 aliphatic carbocycles. The maximum Gasteiger partial charge on any atom is 0.337 e. The quantitative estimate of drug-likeness (QED) is 0.738. The van der Waals surface area contributed by atoms with Crippen LogP contribution in [0.1, 0.15) is 32.7 Å². The monoisotopic (exact) mass is 409 g/mol. The van der Waals surface area contributed by atoms with Gasteiger partial charge in [-0.05, 0) is 30.2 Å². The van der Waals surface area contributed by atoms with Gasteiger partial charge in [0.25, 0.3) is 5.91 Å². The highest BCUT2D eigenvalue weighted by Gasteiger charge is 2.22. The Hall–Kier alpha value is -3.19. The van der Waals surface area contributed by atoms with Crippen molar-refractivity contribution in [3.05, 3.63) is 71.3 Å². The number of benzene rings is 2. The van der Waals surface area contributed by atoms with Crippen molar-refractivity contribution in [2.45, 2.75) is 13.0 Å². The average molecular weight is 409 g/mol. The molecule has 2 aromatic carbocycles. The Kier molecular flexibility index (Phi) is 7.57. The molecule has 0 unspecified atom stereocenters. The molecule has 1 N–H and O–H groups in total. The topological polar surface area (TPSA) is 79.0 Å². The van der Waals surface area contributed by atoms with Crippen molar-refractivity contribution in [2.75, 3.05) is 39.8 Å². The first-order chi connectivity index (χ1) is 14.6. The highest BCUT2D eigenvalue weighted by Crippen LogP contribution is 2.12. The molecule has 30 heavy (non-hydrogen) atoms. The average Bonchev–Trinajstić information content (AvgIpc) is 3.03. The normalized spacial score (nSPS) is 14.6. The lowest BCUT2D eigenvalue weighted by atomic mass is 10.1. The van der Waals surface area contributed by atoms with Crippen molar-refractivity contribution in [2.24, 2.45) is 0 Å². The minimum Gasteiger partial charge on any atom is -0.465 e. The van der Waals surface area contributed by atoms with Gasteiger partial charge in [0.05, 0.1) is 19.2 Å². The Bertz CT molecular complexity index is 885. The Morgan fingerprint density at radius 1 is 0.933 bits per heavy atom. The summed E-state index contributed by atoms with van der Waals surface area (Å²) >= 11 is 0. The highest BCUT2D eigenvalue weighted by atomic mass is 16.5. The molecular formula is C23H27N3O4. The minimum absolute atomic E-state index is 0.0237. The second-order valence-corrected chi connectivity index (χ2v) is 7.26. The predicted molar refractivity (Wildman–Crippen MR) is 113 cm³/mol. The molecular weight excluding hydrogens is 382 g/mol. The molecule has 1 heterocycles. The number of ether oxygens (including phenoxy) is 1. The van der Waals surface area contributed by atoms with E-state index in [1.807, 2.05) is 30.3 Å². The summed E-state index contributed by atoms with van der Waals surface area (Å²) in [6, 6.07) is 16.4. The van der Waals surface area contributed by atoms with E-state index in [4.69, 9.17) is 4.74 Å². The lowest BCUT2D eigenvalue weighted by molar-refractivity contribution is -0.122. The Balaban J connectivity index is 1.51. The lowest BCUT2D eigenvalue weighted by Crippen LogP contribution is -2.39. The van der Waals surface area contributed by atoms with Crippen molar-refractivity contribution in [1.82, 2.24) is 15.1 Å². The summed E-state index contributed by atoms with van der Waals surface area (Å²) in [5, 5.41) is 2.94. The fraction of sp³-hybridized carbons (Fsp3) is 0.348. The molecule has 1 fully saturated rings. The van der Waals surface area contributed by atoms with E-state index in [1.165, 1.54) is 7.11 Å². The molecule has 7 heteroatoms. The maximum absolute atomic E-state index is 12.9. The second-order valence-electron chi connectivity index (χ2n) is 7.26. The molecule has 3 rings (SSSR count). The van der Waals surface area contributed by atoms with Gasteiger partial charge >= 0.3 is 5.97 Å². The largest absolute Gasteiger partial charge is 0.465 e. The van der Waals surface area contributed by atoms with Crippen LogP contribution in [-0.2, 0) is 16.1 Å². The van der Waals surface area contributed by atoms with Gasteiger partial charge in [0.1, 0.15) is 0 Å². The predicted octanol–water partition coefficient (Wildman–Crippen LogP) is 1.94. The molecule has 0 radical (unpaired) electrons. The van der Waals surface area contributed by atoms with Gasteiger partial charge in [-0.1, -0.05) is 36.4 Å². The molecule has 0 spiro atoms. The van der Waals surface area contributed by atoms with Gasteiger partial charge in [0, 0.05) is 38.3 Å². The summed E-state index contributed by atoms with van der Waals surface area (Å²) in [5.41, 5.74) is 1.88. The Morgan fingerprint density at radius 3 is 2.47 bits per heavy atom. The van der Waals surface area contributed by atoms with Gasteiger partial charge in [0.15, 0.2) is 0 Å². The summed E-state index contributed by atoms with van der Waals surface area (Å²) in [7, 11) is 1.32. The summed E-state index contributed by atoms with van der Waals surface area (Å²) in [5.74, 6) is -0.603. The minimum atomic E-state index is -0.465. The van der Waals surface area contributed by atoms with Crippen molar-refractivity contribution >= 4 is 17.8 Å². The third-order valence-electron chi connectivity index (χ3n) is 5.11. The first-order valence-electron chi connectivity index (χ1n) is 10.1. The molecule has 158 valence electrons. The van der Waals surface area contributed by atoms with E-state index in [-0.39, 0.29) is 11.8 Å². The standard InChI is InChI=1S/C23H27N3O4/c1-30-23(29)20-10-5-9-19(15-20)22(28)26-12-6-11-25(13-14-26)17-21(27)24-16-18-7-3-2-4-8-18/h2-5,7-10,15H,6,11-14,16-17H2,1H3,(H,24,27). The fourth-order valence-corrected chi connectivity index (χ4v) is 3.47. The molecule has 7 nitrogen and oxygen atoms in total. The number of carbonyl (C=O) groups excluding carboxylic acids is 3. The number of nitrogens with zero attached hydrogens (tertiary/aromatic N) is 2. The van der Waals surface area contributed by atoms with Crippen LogP contribution in [0.2, 0.25) is 0 Å². The first kappa shape index (κ1) is 21.5. The van der Waals surface area contributed by atoms with Crippen LogP contribution in [0.15, 0.2) is 54.6 Å². The number of hydrogen-bond donors (Lipinski definition) is 1. The Labute approximate surface area is 176 Å². The molecule has 0 aromatic heterocycles. The van der Waals surface area contributed by atoms with Gasteiger partial charge in [0.2, 0.25) is 5.91 Å². The van der Waals surface area contributed by atoms with Gasteiger partial charge in [-0.15, -0.1) is 0 Å². The van der Waals surface area contributed by atoms with Crippen LogP contribution in [0, 0.1) is 0 Å². The number of esters is 1. The molecule has 0 saturated carbocycles. The maximum atomic E-state index is 12.9. The first-order valence-corrected chi connectivity index (χ1v) is 10.1. The molecule has 2 amide bonds. The third kappa shape index (κ3) is 5.90. The second kappa shape index (κ2) is 10.5. The number of carbonyl (C=O) groups is 3. The number of amides is 2. The van der Waals surface area contributed by atoms with Crippen LogP contribution in [-0.4, -0.2) is 67.4 Å². The van der Waals surface area contributed by atoms with Crippen molar-refractivity contribution in [3.8, 4) is 0 Å². The molecule has 0 bridgehead atoms. The van der Waals surface area contributed by atoms with E-state index in [9.17, 15) is 14.4 Å². The highest BCUT2D eigenvalue weighted by molar-refractivity contribution is 5.98. The molecule has 1 saturated heterocycles.